The quantitative estimate of drug-likeness (QED) is 0.558. The van der Waals surface area contributed by atoms with E-state index in [0.717, 1.165) is 12.3 Å². The van der Waals surface area contributed by atoms with Crippen LogP contribution >= 0.6 is 0 Å². The molecule has 11 heteroatoms. The molecule has 3 N–H and O–H groups in total. The molecule has 0 radical (unpaired) electrons. The van der Waals surface area contributed by atoms with Crippen LogP contribution in [-0.2, 0) is 5.60 Å². The molecule has 6 nitrogen and oxygen atoms in total. The summed E-state index contributed by atoms with van der Waals surface area (Å²) in [4.78, 5) is 8.46. The molecule has 1 fully saturated rings. The van der Waals surface area contributed by atoms with Crippen molar-refractivity contribution in [3.8, 4) is 11.4 Å². The number of alkyl halides is 5. The van der Waals surface area contributed by atoms with E-state index in [1.807, 2.05) is 0 Å². The van der Waals surface area contributed by atoms with Crippen molar-refractivity contribution in [2.45, 2.75) is 30.7 Å². The summed E-state index contributed by atoms with van der Waals surface area (Å²) in [5.74, 6) is -2.73. The molecule has 0 saturated carbocycles. The molecule has 2 atom stereocenters. The van der Waals surface area contributed by atoms with E-state index in [4.69, 9.17) is 0 Å². The minimum atomic E-state index is -4.87. The Morgan fingerprint density at radius 3 is 2.67 bits per heavy atom. The maximum absolute atomic E-state index is 13.8. The third-order valence-electron chi connectivity index (χ3n) is 5.17. The van der Waals surface area contributed by atoms with Gasteiger partial charge in [0.15, 0.2) is 5.60 Å². The standard InChI is InChI=1S/C19H18F5N5O/c1-17(30,19(22,23)24)11-5-6-16-26-7-13(29(16)9-11)12-3-2-4-15(27-12)28-14-8-25-10-18(14,20)21/h2-7,9,14,25,30H,8,10H2,1H3,(H,27,28)/t14-,17-/m0/s1. The Morgan fingerprint density at radius 2 is 2.00 bits per heavy atom. The summed E-state index contributed by atoms with van der Waals surface area (Å²) in [5.41, 5.74) is -2.40. The summed E-state index contributed by atoms with van der Waals surface area (Å²) in [5, 5.41) is 15.3. The molecule has 1 aliphatic heterocycles. The highest BCUT2D eigenvalue weighted by Gasteiger charge is 2.51. The van der Waals surface area contributed by atoms with E-state index in [1.165, 1.54) is 22.7 Å². The molecule has 4 rings (SSSR count). The van der Waals surface area contributed by atoms with Crippen molar-refractivity contribution in [3.05, 3.63) is 48.3 Å². The smallest absolute Gasteiger partial charge is 0.376 e. The van der Waals surface area contributed by atoms with Gasteiger partial charge in [0.05, 0.1) is 24.1 Å². The predicted octanol–water partition coefficient (Wildman–Crippen LogP) is 3.19. The van der Waals surface area contributed by atoms with Crippen LogP contribution in [0.3, 0.4) is 0 Å². The molecule has 0 aromatic carbocycles. The summed E-state index contributed by atoms with van der Waals surface area (Å²) < 4.78 is 68.7. The van der Waals surface area contributed by atoms with Crippen LogP contribution in [0.25, 0.3) is 17.0 Å². The molecular weight excluding hydrogens is 409 g/mol. The van der Waals surface area contributed by atoms with Gasteiger partial charge in [-0.15, -0.1) is 0 Å². The largest absolute Gasteiger partial charge is 0.421 e. The SMILES string of the molecule is C[C@](O)(c1ccc2ncc(-c3cccc(N[C@H]4CNCC4(F)F)n3)n2c1)C(F)(F)F. The van der Waals surface area contributed by atoms with Crippen molar-refractivity contribution in [1.82, 2.24) is 19.7 Å². The Balaban J connectivity index is 1.71. The molecule has 0 aliphatic carbocycles. The van der Waals surface area contributed by atoms with Crippen molar-refractivity contribution >= 4 is 11.5 Å². The van der Waals surface area contributed by atoms with Crippen LogP contribution in [-0.4, -0.2) is 50.7 Å². The Labute approximate surface area is 167 Å². The zero-order valence-electron chi connectivity index (χ0n) is 15.7. The number of hydrogen-bond donors (Lipinski definition) is 3. The van der Waals surface area contributed by atoms with Gasteiger partial charge in [0.25, 0.3) is 5.92 Å². The fraction of sp³-hybridized carbons (Fsp3) is 0.368. The molecule has 1 saturated heterocycles. The fourth-order valence-corrected chi connectivity index (χ4v) is 3.27. The molecule has 0 bridgehead atoms. The number of anilines is 1. The fourth-order valence-electron chi connectivity index (χ4n) is 3.27. The van der Waals surface area contributed by atoms with Crippen LogP contribution in [0.4, 0.5) is 27.8 Å². The van der Waals surface area contributed by atoms with Crippen molar-refractivity contribution in [2.75, 3.05) is 18.4 Å². The first-order valence-electron chi connectivity index (χ1n) is 9.08. The summed E-state index contributed by atoms with van der Waals surface area (Å²) in [7, 11) is 0. The normalized spacial score (nSPS) is 21.0. The average molecular weight is 427 g/mol. The third-order valence-corrected chi connectivity index (χ3v) is 5.17. The van der Waals surface area contributed by atoms with Gasteiger partial charge in [-0.1, -0.05) is 12.1 Å². The molecule has 160 valence electrons. The maximum atomic E-state index is 13.8. The van der Waals surface area contributed by atoms with Crippen molar-refractivity contribution in [3.63, 3.8) is 0 Å². The molecule has 1 aliphatic rings. The van der Waals surface area contributed by atoms with Crippen LogP contribution < -0.4 is 10.6 Å². The van der Waals surface area contributed by atoms with E-state index < -0.39 is 30.3 Å². The molecular formula is C19H18F5N5O. The average Bonchev–Trinajstić information content (AvgIpc) is 3.23. The lowest BCUT2D eigenvalue weighted by Gasteiger charge is -2.26. The topological polar surface area (TPSA) is 74.5 Å². The number of hydrogen-bond acceptors (Lipinski definition) is 5. The van der Waals surface area contributed by atoms with Gasteiger partial charge in [0, 0.05) is 18.3 Å². The van der Waals surface area contributed by atoms with Gasteiger partial charge in [-0.2, -0.15) is 13.2 Å². The summed E-state index contributed by atoms with van der Waals surface area (Å²) in [6.07, 6.45) is -2.31. The van der Waals surface area contributed by atoms with Gasteiger partial charge >= 0.3 is 6.18 Å². The minimum Gasteiger partial charge on any atom is -0.376 e. The molecule has 30 heavy (non-hydrogen) atoms. The molecule has 3 aromatic rings. The molecule has 0 unspecified atom stereocenters. The zero-order chi connectivity index (χ0) is 21.7. The van der Waals surface area contributed by atoms with Crippen LogP contribution in [0.15, 0.2) is 42.7 Å². The number of aromatic nitrogens is 3. The highest BCUT2D eigenvalue weighted by atomic mass is 19.4. The second kappa shape index (κ2) is 6.88. The predicted molar refractivity (Wildman–Crippen MR) is 99.3 cm³/mol. The number of nitrogens with zero attached hydrogens (tertiary/aromatic N) is 3. The van der Waals surface area contributed by atoms with Crippen LogP contribution in [0, 0.1) is 0 Å². The monoisotopic (exact) mass is 427 g/mol. The number of rotatable bonds is 4. The molecule has 4 heterocycles. The summed E-state index contributed by atoms with van der Waals surface area (Å²) in [6, 6.07) is 6.10. The Bertz CT molecular complexity index is 1080. The van der Waals surface area contributed by atoms with Gasteiger partial charge in [-0.05, 0) is 25.1 Å². The number of halogens is 5. The summed E-state index contributed by atoms with van der Waals surface area (Å²) >= 11 is 0. The Kier molecular flexibility index (Phi) is 4.70. The first kappa shape index (κ1) is 20.5. The van der Waals surface area contributed by atoms with E-state index >= 15 is 0 Å². The first-order valence-corrected chi connectivity index (χ1v) is 9.08. The first-order chi connectivity index (χ1) is 14.0. The highest BCUT2D eigenvalue weighted by Crippen LogP contribution is 2.38. The molecule has 0 amide bonds. The molecule has 0 spiro atoms. The number of imidazole rings is 1. The highest BCUT2D eigenvalue weighted by molar-refractivity contribution is 5.62. The number of nitrogens with one attached hydrogen (secondary N) is 2. The van der Waals surface area contributed by atoms with Gasteiger partial charge in [-0.25, -0.2) is 18.7 Å². The van der Waals surface area contributed by atoms with Crippen LogP contribution in [0.1, 0.15) is 12.5 Å². The lowest BCUT2D eigenvalue weighted by atomic mass is 9.97. The van der Waals surface area contributed by atoms with E-state index in [-0.39, 0.29) is 17.9 Å². The van der Waals surface area contributed by atoms with E-state index in [2.05, 4.69) is 20.6 Å². The zero-order valence-corrected chi connectivity index (χ0v) is 15.7. The lowest BCUT2D eigenvalue weighted by molar-refractivity contribution is -0.259. The Morgan fingerprint density at radius 1 is 1.23 bits per heavy atom. The van der Waals surface area contributed by atoms with Crippen LogP contribution in [0.5, 0.6) is 0 Å². The third kappa shape index (κ3) is 3.47. The Hall–Kier alpha value is -2.79. The van der Waals surface area contributed by atoms with Crippen LogP contribution in [0.2, 0.25) is 0 Å². The maximum Gasteiger partial charge on any atom is 0.421 e. The second-order valence-electron chi connectivity index (χ2n) is 7.36. The number of pyridine rings is 2. The van der Waals surface area contributed by atoms with E-state index in [9.17, 15) is 27.1 Å². The number of fused-ring (bicyclic) bond motifs is 1. The summed E-state index contributed by atoms with van der Waals surface area (Å²) in [6.45, 7) is 0.313. The second-order valence-corrected chi connectivity index (χ2v) is 7.36. The van der Waals surface area contributed by atoms with Crippen molar-refractivity contribution in [2.24, 2.45) is 0 Å². The van der Waals surface area contributed by atoms with Gasteiger partial charge in [0.1, 0.15) is 17.5 Å². The van der Waals surface area contributed by atoms with Crippen molar-refractivity contribution in [1.29, 1.82) is 0 Å². The van der Waals surface area contributed by atoms with Gasteiger partial charge < -0.3 is 15.7 Å². The van der Waals surface area contributed by atoms with E-state index in [0.29, 0.717) is 24.0 Å². The lowest BCUT2D eigenvalue weighted by Crippen LogP contribution is -2.39. The van der Waals surface area contributed by atoms with E-state index in [1.54, 1.807) is 12.1 Å². The minimum absolute atomic E-state index is 0.0738. The van der Waals surface area contributed by atoms with Gasteiger partial charge in [-0.3, -0.25) is 4.40 Å². The van der Waals surface area contributed by atoms with Gasteiger partial charge in [0.2, 0.25) is 0 Å². The van der Waals surface area contributed by atoms with Crippen molar-refractivity contribution < 1.29 is 27.1 Å². The molecule has 3 aromatic heterocycles. The number of aliphatic hydroxyl groups is 1.